The Morgan fingerprint density at radius 2 is 1.52 bits per heavy atom. The van der Waals surface area contributed by atoms with Gasteiger partial charge in [0.25, 0.3) is 0 Å². The van der Waals surface area contributed by atoms with Crippen LogP contribution in [-0.4, -0.2) is 21.3 Å². The number of hydrogen-bond acceptors (Lipinski definition) is 5. The third-order valence-corrected chi connectivity index (χ3v) is 4.75. The molecule has 142 valence electrons. The molecule has 1 aromatic heterocycles. The minimum Gasteiger partial charge on any atom is -0.507 e. The van der Waals surface area contributed by atoms with E-state index in [-0.39, 0.29) is 5.75 Å². The monoisotopic (exact) mass is 444 g/mol. The zero-order valence-corrected chi connectivity index (χ0v) is 16.9. The number of aromatic nitrogens is 2. The van der Waals surface area contributed by atoms with E-state index < -0.39 is 0 Å². The molecule has 0 atom stereocenters. The number of nitrogens with one attached hydrogen (secondary N) is 1. The van der Waals surface area contributed by atoms with E-state index in [2.05, 4.69) is 36.4 Å². The Bertz CT molecular complexity index is 1150. The Morgan fingerprint density at radius 1 is 0.828 bits per heavy atom. The molecule has 0 aliphatic rings. The summed E-state index contributed by atoms with van der Waals surface area (Å²) < 4.78 is 0.988. The van der Waals surface area contributed by atoms with Gasteiger partial charge in [0.05, 0.1) is 17.6 Å². The number of benzene rings is 3. The SMILES string of the molecule is Oc1ccccc1-c1cc(-c2ccc(Br)cc2)nc(N/N=C\c2ccccc2)n1. The number of halogens is 1. The van der Waals surface area contributed by atoms with E-state index in [9.17, 15) is 5.11 Å². The van der Waals surface area contributed by atoms with E-state index >= 15 is 0 Å². The van der Waals surface area contributed by atoms with Crippen molar-refractivity contribution in [3.8, 4) is 28.3 Å². The van der Waals surface area contributed by atoms with Crippen molar-refractivity contribution in [2.24, 2.45) is 5.10 Å². The highest BCUT2D eigenvalue weighted by atomic mass is 79.9. The lowest BCUT2D eigenvalue weighted by molar-refractivity contribution is 0.477. The molecule has 0 fully saturated rings. The minimum absolute atomic E-state index is 0.159. The Morgan fingerprint density at radius 3 is 2.28 bits per heavy atom. The summed E-state index contributed by atoms with van der Waals surface area (Å²) in [6.45, 7) is 0. The van der Waals surface area contributed by atoms with Crippen molar-refractivity contribution in [3.63, 3.8) is 0 Å². The van der Waals surface area contributed by atoms with Gasteiger partial charge < -0.3 is 5.11 Å². The molecule has 3 aromatic carbocycles. The molecule has 0 aliphatic carbocycles. The van der Waals surface area contributed by atoms with Crippen molar-refractivity contribution in [2.75, 3.05) is 5.43 Å². The highest BCUT2D eigenvalue weighted by molar-refractivity contribution is 9.10. The van der Waals surface area contributed by atoms with Crippen LogP contribution in [-0.2, 0) is 0 Å². The number of hydrogen-bond donors (Lipinski definition) is 2. The number of phenolic OH excluding ortho intramolecular Hbond substituents is 1. The zero-order valence-electron chi connectivity index (χ0n) is 15.3. The molecular formula is C23H17BrN4O. The van der Waals surface area contributed by atoms with Crippen LogP contribution < -0.4 is 5.43 Å². The second kappa shape index (κ2) is 8.67. The summed E-state index contributed by atoms with van der Waals surface area (Å²) >= 11 is 3.45. The molecular weight excluding hydrogens is 428 g/mol. The summed E-state index contributed by atoms with van der Waals surface area (Å²) in [5.41, 5.74) is 6.75. The fourth-order valence-electron chi connectivity index (χ4n) is 2.80. The molecule has 4 aromatic rings. The van der Waals surface area contributed by atoms with Gasteiger partial charge in [0.15, 0.2) is 0 Å². The molecule has 0 saturated carbocycles. The van der Waals surface area contributed by atoms with Crippen molar-refractivity contribution in [1.82, 2.24) is 9.97 Å². The fraction of sp³-hybridized carbons (Fsp3) is 0. The Balaban J connectivity index is 1.72. The van der Waals surface area contributed by atoms with Gasteiger partial charge in [-0.3, -0.25) is 0 Å². The number of phenols is 1. The van der Waals surface area contributed by atoms with Gasteiger partial charge in [-0.2, -0.15) is 5.10 Å². The average Bonchev–Trinajstić information content (AvgIpc) is 2.75. The minimum atomic E-state index is 0.159. The van der Waals surface area contributed by atoms with Crippen LogP contribution in [0.3, 0.4) is 0 Å². The molecule has 0 radical (unpaired) electrons. The molecule has 6 heteroatoms. The van der Waals surface area contributed by atoms with Crippen LogP contribution in [0, 0.1) is 0 Å². The first-order chi connectivity index (χ1) is 14.2. The van der Waals surface area contributed by atoms with Crippen molar-refractivity contribution in [1.29, 1.82) is 0 Å². The summed E-state index contributed by atoms with van der Waals surface area (Å²) in [5.74, 6) is 0.502. The lowest BCUT2D eigenvalue weighted by Gasteiger charge is -2.09. The van der Waals surface area contributed by atoms with Gasteiger partial charge in [0, 0.05) is 15.6 Å². The van der Waals surface area contributed by atoms with Crippen LogP contribution in [0.15, 0.2) is 94.5 Å². The smallest absolute Gasteiger partial charge is 0.244 e. The van der Waals surface area contributed by atoms with E-state index in [1.165, 1.54) is 0 Å². The lowest BCUT2D eigenvalue weighted by atomic mass is 10.1. The van der Waals surface area contributed by atoms with Gasteiger partial charge in [0.1, 0.15) is 5.75 Å². The summed E-state index contributed by atoms with van der Waals surface area (Å²) in [5, 5.41) is 14.5. The average molecular weight is 445 g/mol. The fourth-order valence-corrected chi connectivity index (χ4v) is 3.06. The largest absolute Gasteiger partial charge is 0.507 e. The van der Waals surface area contributed by atoms with Gasteiger partial charge >= 0.3 is 0 Å². The molecule has 0 amide bonds. The van der Waals surface area contributed by atoms with E-state index in [0.717, 1.165) is 21.3 Å². The van der Waals surface area contributed by atoms with Gasteiger partial charge in [-0.15, -0.1) is 0 Å². The number of aromatic hydroxyl groups is 1. The summed E-state index contributed by atoms with van der Waals surface area (Å²) in [4.78, 5) is 9.12. The van der Waals surface area contributed by atoms with Crippen LogP contribution >= 0.6 is 15.9 Å². The quantitative estimate of drug-likeness (QED) is 0.304. The first-order valence-corrected chi connectivity index (χ1v) is 9.76. The molecule has 0 unspecified atom stereocenters. The molecule has 0 bridgehead atoms. The lowest BCUT2D eigenvalue weighted by Crippen LogP contribution is -2.00. The summed E-state index contributed by atoms with van der Waals surface area (Å²) in [6, 6.07) is 26.6. The molecule has 5 nitrogen and oxygen atoms in total. The van der Waals surface area contributed by atoms with Crippen molar-refractivity contribution in [2.45, 2.75) is 0 Å². The van der Waals surface area contributed by atoms with E-state index in [1.807, 2.05) is 72.8 Å². The molecule has 0 saturated heterocycles. The van der Waals surface area contributed by atoms with E-state index in [1.54, 1.807) is 18.3 Å². The van der Waals surface area contributed by atoms with Crippen LogP contribution in [0.2, 0.25) is 0 Å². The number of rotatable bonds is 5. The Labute approximate surface area is 176 Å². The Hall–Kier alpha value is -3.51. The normalized spacial score (nSPS) is 10.9. The maximum absolute atomic E-state index is 10.3. The third-order valence-electron chi connectivity index (χ3n) is 4.22. The van der Waals surface area contributed by atoms with E-state index in [0.29, 0.717) is 17.2 Å². The molecule has 0 aliphatic heterocycles. The molecule has 0 spiro atoms. The summed E-state index contributed by atoms with van der Waals surface area (Å²) in [7, 11) is 0. The van der Waals surface area contributed by atoms with Crippen LogP contribution in [0.1, 0.15) is 5.56 Å². The second-order valence-corrected chi connectivity index (χ2v) is 7.18. The maximum atomic E-state index is 10.3. The van der Waals surface area contributed by atoms with Gasteiger partial charge in [-0.1, -0.05) is 70.5 Å². The van der Waals surface area contributed by atoms with Gasteiger partial charge in [-0.25, -0.2) is 15.4 Å². The first kappa shape index (κ1) is 18.8. The molecule has 2 N–H and O–H groups in total. The van der Waals surface area contributed by atoms with E-state index in [4.69, 9.17) is 0 Å². The molecule has 4 rings (SSSR count). The maximum Gasteiger partial charge on any atom is 0.244 e. The number of para-hydroxylation sites is 1. The molecule has 1 heterocycles. The van der Waals surface area contributed by atoms with Gasteiger partial charge in [-0.05, 0) is 35.9 Å². The van der Waals surface area contributed by atoms with Crippen LogP contribution in [0.5, 0.6) is 5.75 Å². The van der Waals surface area contributed by atoms with Crippen LogP contribution in [0.25, 0.3) is 22.5 Å². The number of hydrazone groups is 1. The first-order valence-electron chi connectivity index (χ1n) is 8.96. The molecule has 29 heavy (non-hydrogen) atoms. The van der Waals surface area contributed by atoms with Crippen molar-refractivity contribution >= 4 is 28.1 Å². The van der Waals surface area contributed by atoms with Gasteiger partial charge in [0.2, 0.25) is 5.95 Å². The standard InChI is InChI=1S/C23H17BrN4O/c24-18-12-10-17(11-13-18)20-14-21(19-8-4-5-9-22(19)29)27-23(26-20)28-25-15-16-6-2-1-3-7-16/h1-15,29H,(H,26,27,28)/b25-15-. The predicted octanol–water partition coefficient (Wildman–Crippen LogP) is 5.72. The number of anilines is 1. The third kappa shape index (κ3) is 4.67. The van der Waals surface area contributed by atoms with Crippen molar-refractivity contribution in [3.05, 3.63) is 95.0 Å². The van der Waals surface area contributed by atoms with Crippen LogP contribution in [0.4, 0.5) is 5.95 Å². The highest BCUT2D eigenvalue weighted by Gasteiger charge is 2.11. The Kier molecular flexibility index (Phi) is 5.63. The second-order valence-electron chi connectivity index (χ2n) is 6.27. The predicted molar refractivity (Wildman–Crippen MR) is 120 cm³/mol. The number of nitrogens with zero attached hydrogens (tertiary/aromatic N) is 3. The zero-order chi connectivity index (χ0) is 20.1. The topological polar surface area (TPSA) is 70.4 Å². The van der Waals surface area contributed by atoms with Crippen molar-refractivity contribution < 1.29 is 5.11 Å². The highest BCUT2D eigenvalue weighted by Crippen LogP contribution is 2.31. The summed E-state index contributed by atoms with van der Waals surface area (Å²) in [6.07, 6.45) is 1.70.